The van der Waals surface area contributed by atoms with Gasteiger partial charge in [-0.15, -0.1) is 0 Å². The van der Waals surface area contributed by atoms with E-state index >= 15 is 0 Å². The van der Waals surface area contributed by atoms with Crippen molar-refractivity contribution in [1.82, 2.24) is 5.32 Å². The Balaban J connectivity index is 1.55. The van der Waals surface area contributed by atoms with E-state index in [2.05, 4.69) is 42.6 Å². The second kappa shape index (κ2) is 9.17. The number of amides is 1. The molecular weight excluding hydrogens is 370 g/mol. The van der Waals surface area contributed by atoms with Gasteiger partial charge in [-0.05, 0) is 73.4 Å². The third kappa shape index (κ3) is 4.40. The van der Waals surface area contributed by atoms with Crippen LogP contribution in [0.2, 0.25) is 0 Å². The molecule has 3 aromatic rings. The molecule has 1 aliphatic rings. The summed E-state index contributed by atoms with van der Waals surface area (Å²) in [6, 6.07) is 24.3. The third-order valence-corrected chi connectivity index (χ3v) is 5.94. The fourth-order valence-corrected chi connectivity index (χ4v) is 4.26. The van der Waals surface area contributed by atoms with Gasteiger partial charge in [0.25, 0.3) is 5.91 Å². The van der Waals surface area contributed by atoms with Gasteiger partial charge in [0.05, 0.1) is 6.04 Å². The molecule has 154 valence electrons. The van der Waals surface area contributed by atoms with E-state index in [4.69, 9.17) is 4.74 Å². The van der Waals surface area contributed by atoms with Crippen molar-refractivity contribution >= 4 is 5.91 Å². The van der Waals surface area contributed by atoms with Gasteiger partial charge in [0.15, 0.2) is 6.10 Å². The summed E-state index contributed by atoms with van der Waals surface area (Å²) in [6.07, 6.45) is 3.94. The van der Waals surface area contributed by atoms with Crippen LogP contribution in [0.15, 0.2) is 72.8 Å². The monoisotopic (exact) mass is 399 g/mol. The van der Waals surface area contributed by atoms with Crippen LogP contribution >= 0.6 is 0 Å². The lowest BCUT2D eigenvalue weighted by Gasteiger charge is -2.25. The summed E-state index contributed by atoms with van der Waals surface area (Å²) in [7, 11) is 0. The van der Waals surface area contributed by atoms with Crippen molar-refractivity contribution in [3.63, 3.8) is 0 Å². The van der Waals surface area contributed by atoms with Crippen molar-refractivity contribution < 1.29 is 9.53 Å². The number of nitrogens with one attached hydrogen (secondary N) is 1. The van der Waals surface area contributed by atoms with Crippen molar-refractivity contribution in [2.45, 2.75) is 51.7 Å². The van der Waals surface area contributed by atoms with Gasteiger partial charge in [-0.25, -0.2) is 0 Å². The number of rotatable bonds is 6. The van der Waals surface area contributed by atoms with Crippen molar-refractivity contribution in [1.29, 1.82) is 0 Å². The zero-order chi connectivity index (χ0) is 20.9. The predicted molar refractivity (Wildman–Crippen MR) is 121 cm³/mol. The van der Waals surface area contributed by atoms with Crippen LogP contribution in [-0.4, -0.2) is 12.0 Å². The highest BCUT2D eigenvalue weighted by Gasteiger charge is 2.24. The van der Waals surface area contributed by atoms with Gasteiger partial charge >= 0.3 is 0 Å². The summed E-state index contributed by atoms with van der Waals surface area (Å²) in [4.78, 5) is 13.1. The Labute approximate surface area is 179 Å². The van der Waals surface area contributed by atoms with Crippen molar-refractivity contribution in [2.75, 3.05) is 0 Å². The fraction of sp³-hybridized carbons (Fsp3) is 0.296. The van der Waals surface area contributed by atoms with Gasteiger partial charge in [0.2, 0.25) is 0 Å². The van der Waals surface area contributed by atoms with Gasteiger partial charge in [-0.3, -0.25) is 4.79 Å². The number of hydrogen-bond donors (Lipinski definition) is 1. The van der Waals surface area contributed by atoms with Crippen LogP contribution in [0.25, 0.3) is 0 Å². The molecule has 0 saturated carbocycles. The average Bonchev–Trinajstić information content (AvgIpc) is 2.79. The number of carbonyl (C=O) groups is 1. The molecule has 1 amide bonds. The van der Waals surface area contributed by atoms with E-state index in [-0.39, 0.29) is 11.9 Å². The van der Waals surface area contributed by atoms with Gasteiger partial charge in [0, 0.05) is 0 Å². The molecule has 0 aliphatic heterocycles. The highest BCUT2D eigenvalue weighted by Crippen LogP contribution is 2.30. The molecule has 2 atom stereocenters. The molecule has 0 unspecified atom stereocenters. The molecule has 0 saturated heterocycles. The van der Waals surface area contributed by atoms with Crippen LogP contribution in [0, 0.1) is 6.92 Å². The molecule has 30 heavy (non-hydrogen) atoms. The molecular formula is C27H29NO2. The Morgan fingerprint density at radius 3 is 2.43 bits per heavy atom. The Morgan fingerprint density at radius 1 is 0.900 bits per heavy atom. The van der Waals surface area contributed by atoms with Crippen LogP contribution in [-0.2, 0) is 17.6 Å². The molecule has 0 radical (unpaired) electrons. The highest BCUT2D eigenvalue weighted by atomic mass is 16.5. The largest absolute Gasteiger partial charge is 0.481 e. The quantitative estimate of drug-likeness (QED) is 0.590. The second-order valence-electron chi connectivity index (χ2n) is 8.07. The fourth-order valence-electron chi connectivity index (χ4n) is 4.26. The number of fused-ring (bicyclic) bond motifs is 1. The third-order valence-electron chi connectivity index (χ3n) is 5.94. The molecule has 4 rings (SSSR count). The normalized spacial score (nSPS) is 15.0. The van der Waals surface area contributed by atoms with Crippen LogP contribution in [0.5, 0.6) is 5.75 Å². The summed E-state index contributed by atoms with van der Waals surface area (Å²) >= 11 is 0. The van der Waals surface area contributed by atoms with Crippen molar-refractivity contribution in [3.05, 3.63) is 101 Å². The minimum absolute atomic E-state index is 0.111. The number of benzene rings is 3. The minimum atomic E-state index is -0.575. The van der Waals surface area contributed by atoms with E-state index in [9.17, 15) is 4.79 Å². The predicted octanol–water partition coefficient (Wildman–Crippen LogP) is 5.55. The van der Waals surface area contributed by atoms with Crippen LogP contribution < -0.4 is 10.1 Å². The summed E-state index contributed by atoms with van der Waals surface area (Å²) in [6.45, 7) is 3.91. The Morgan fingerprint density at radius 2 is 1.63 bits per heavy atom. The smallest absolute Gasteiger partial charge is 0.261 e. The standard InChI is InChI=1S/C27H29NO2/c1-19-11-6-8-16-23(19)26(22-13-4-3-5-14-22)28-27(29)20(2)30-25-18-10-15-21-12-7-9-17-24(21)25/h3-6,8,10-11,13-16,18,20,26H,7,9,12,17H2,1-2H3,(H,28,29)/t20-,26+/m0/s1. The summed E-state index contributed by atoms with van der Waals surface area (Å²) in [5.74, 6) is 0.738. The molecule has 0 spiro atoms. The average molecular weight is 400 g/mol. The first kappa shape index (κ1) is 20.2. The van der Waals surface area contributed by atoms with Crippen molar-refractivity contribution in [3.8, 4) is 5.75 Å². The van der Waals surface area contributed by atoms with Crippen LogP contribution in [0.4, 0.5) is 0 Å². The first-order valence-corrected chi connectivity index (χ1v) is 10.8. The molecule has 0 heterocycles. The molecule has 0 bridgehead atoms. The van der Waals surface area contributed by atoms with E-state index in [1.807, 2.05) is 49.4 Å². The maximum atomic E-state index is 13.1. The minimum Gasteiger partial charge on any atom is -0.481 e. The van der Waals surface area contributed by atoms with Gasteiger partial charge in [-0.1, -0.05) is 66.7 Å². The molecule has 1 N–H and O–H groups in total. The Kier molecular flexibility index (Phi) is 6.18. The SMILES string of the molecule is Cc1ccccc1[C@H](NC(=O)[C@H](C)Oc1cccc2c1CCCC2)c1ccccc1. The first-order valence-electron chi connectivity index (χ1n) is 10.8. The number of ether oxygens (including phenoxy) is 1. The van der Waals surface area contributed by atoms with E-state index in [0.29, 0.717) is 0 Å². The molecule has 0 fully saturated rings. The summed E-state index contributed by atoms with van der Waals surface area (Å²) in [5, 5.41) is 3.23. The number of carbonyl (C=O) groups excluding carboxylic acids is 1. The summed E-state index contributed by atoms with van der Waals surface area (Å²) < 4.78 is 6.17. The lowest BCUT2D eigenvalue weighted by molar-refractivity contribution is -0.127. The number of hydrogen-bond acceptors (Lipinski definition) is 2. The zero-order valence-electron chi connectivity index (χ0n) is 17.7. The van der Waals surface area contributed by atoms with Gasteiger partial charge in [-0.2, -0.15) is 0 Å². The van der Waals surface area contributed by atoms with E-state index in [0.717, 1.165) is 35.3 Å². The maximum Gasteiger partial charge on any atom is 0.261 e. The van der Waals surface area contributed by atoms with Gasteiger partial charge in [0.1, 0.15) is 5.75 Å². The topological polar surface area (TPSA) is 38.3 Å². The van der Waals surface area contributed by atoms with E-state index in [1.165, 1.54) is 24.0 Å². The Bertz CT molecular complexity index is 1010. The second-order valence-corrected chi connectivity index (χ2v) is 8.07. The Hall–Kier alpha value is -3.07. The van der Waals surface area contributed by atoms with Gasteiger partial charge < -0.3 is 10.1 Å². The molecule has 3 nitrogen and oxygen atoms in total. The van der Waals surface area contributed by atoms with Crippen LogP contribution in [0.3, 0.4) is 0 Å². The lowest BCUT2D eigenvalue weighted by atomic mass is 9.91. The number of aryl methyl sites for hydroxylation is 2. The zero-order valence-corrected chi connectivity index (χ0v) is 17.7. The van der Waals surface area contributed by atoms with Crippen molar-refractivity contribution in [2.24, 2.45) is 0 Å². The van der Waals surface area contributed by atoms with E-state index < -0.39 is 6.10 Å². The van der Waals surface area contributed by atoms with Crippen LogP contribution in [0.1, 0.15) is 53.6 Å². The molecule has 0 aromatic heterocycles. The maximum absolute atomic E-state index is 13.1. The van der Waals surface area contributed by atoms with E-state index in [1.54, 1.807) is 0 Å². The summed E-state index contributed by atoms with van der Waals surface area (Å²) in [5.41, 5.74) is 5.93. The molecule has 3 aromatic carbocycles. The molecule has 3 heteroatoms. The highest BCUT2D eigenvalue weighted by molar-refractivity contribution is 5.81. The lowest BCUT2D eigenvalue weighted by Crippen LogP contribution is -2.39. The first-order chi connectivity index (χ1) is 14.6. The molecule has 1 aliphatic carbocycles.